The Morgan fingerprint density at radius 2 is 1.14 bits per heavy atom. The molecule has 0 amide bonds. The van der Waals surface area contributed by atoms with Crippen molar-refractivity contribution in [3.63, 3.8) is 0 Å². The summed E-state index contributed by atoms with van der Waals surface area (Å²) in [7, 11) is 0. The molecule has 0 aliphatic heterocycles. The molecule has 0 heterocycles. The Labute approximate surface area is 131 Å². The first kappa shape index (κ1) is 16.8. The average molecular weight is 290 g/mol. The third kappa shape index (κ3) is 4.22. The van der Waals surface area contributed by atoms with Crippen LogP contribution >= 0.6 is 0 Å². The summed E-state index contributed by atoms with van der Waals surface area (Å²) in [6.07, 6.45) is 8.37. The van der Waals surface area contributed by atoms with Crippen molar-refractivity contribution in [1.29, 1.82) is 0 Å². The zero-order valence-electron chi connectivity index (χ0n) is 14.5. The summed E-state index contributed by atoms with van der Waals surface area (Å²) in [5, 5.41) is 0. The lowest BCUT2D eigenvalue weighted by molar-refractivity contribution is -0.1000. The fourth-order valence-electron chi connectivity index (χ4n) is 4.06. The molecule has 2 fully saturated rings. The van der Waals surface area contributed by atoms with Crippen LogP contribution in [0.15, 0.2) is 24.3 Å². The maximum atomic E-state index is 6.64. The van der Waals surface area contributed by atoms with Gasteiger partial charge < -0.3 is 4.74 Å². The molecule has 0 saturated heterocycles. The van der Waals surface area contributed by atoms with Gasteiger partial charge in [0.15, 0.2) is 0 Å². The summed E-state index contributed by atoms with van der Waals surface area (Å²) in [6.45, 7) is 17.4. The van der Waals surface area contributed by atoms with Crippen molar-refractivity contribution in [2.24, 2.45) is 23.7 Å². The Kier molecular flexibility index (Phi) is 5.71. The highest BCUT2D eigenvalue weighted by Gasteiger charge is 2.35. The van der Waals surface area contributed by atoms with E-state index in [4.69, 9.17) is 4.74 Å². The number of ether oxygens (including phenoxy) is 1. The molecule has 0 spiro atoms. The van der Waals surface area contributed by atoms with E-state index >= 15 is 0 Å². The van der Waals surface area contributed by atoms with Crippen LogP contribution in [0.25, 0.3) is 0 Å². The second-order valence-electron chi connectivity index (χ2n) is 7.88. The summed E-state index contributed by atoms with van der Waals surface area (Å²) in [5.74, 6) is 2.72. The number of hydrogen-bond acceptors (Lipinski definition) is 1. The summed E-state index contributed by atoms with van der Waals surface area (Å²) < 4.78 is 6.64. The van der Waals surface area contributed by atoms with Crippen LogP contribution in [0.5, 0.6) is 0 Å². The van der Waals surface area contributed by atoms with Crippen LogP contribution < -0.4 is 0 Å². The number of rotatable bonds is 4. The van der Waals surface area contributed by atoms with E-state index in [1.165, 1.54) is 49.7 Å². The topological polar surface area (TPSA) is 9.23 Å². The second-order valence-corrected chi connectivity index (χ2v) is 7.88. The third-order valence-electron chi connectivity index (χ3n) is 5.99. The first-order chi connectivity index (χ1) is 9.88. The van der Waals surface area contributed by atoms with E-state index in [0.29, 0.717) is 35.9 Å². The Balaban J connectivity index is 1.97. The summed E-state index contributed by atoms with van der Waals surface area (Å²) >= 11 is 0. The van der Waals surface area contributed by atoms with Gasteiger partial charge in [0.1, 0.15) is 0 Å². The van der Waals surface area contributed by atoms with Crippen molar-refractivity contribution >= 4 is 0 Å². The predicted molar refractivity (Wildman–Crippen MR) is 91.3 cm³/mol. The van der Waals surface area contributed by atoms with E-state index in [2.05, 4.69) is 40.9 Å². The molecular weight excluding hydrogens is 256 g/mol. The molecule has 1 nitrogen and oxygen atoms in total. The highest BCUT2D eigenvalue weighted by Crippen LogP contribution is 2.39. The van der Waals surface area contributed by atoms with Gasteiger partial charge in [-0.05, 0) is 76.0 Å². The molecule has 21 heavy (non-hydrogen) atoms. The van der Waals surface area contributed by atoms with Gasteiger partial charge in [0.25, 0.3) is 0 Å². The maximum Gasteiger partial charge on any atom is 0.0610 e. The van der Waals surface area contributed by atoms with Gasteiger partial charge in [-0.2, -0.15) is 0 Å². The van der Waals surface area contributed by atoms with Crippen LogP contribution in [0, 0.1) is 23.7 Å². The van der Waals surface area contributed by atoms with Gasteiger partial charge in [-0.15, -0.1) is 0 Å². The van der Waals surface area contributed by atoms with Gasteiger partial charge in [0, 0.05) is 0 Å². The minimum Gasteiger partial charge on any atom is -0.374 e. The minimum absolute atomic E-state index is 0.428. The summed E-state index contributed by atoms with van der Waals surface area (Å²) in [4.78, 5) is 0. The molecule has 0 N–H and O–H groups in total. The maximum absolute atomic E-state index is 6.64. The zero-order chi connectivity index (χ0) is 15.6. The lowest BCUT2D eigenvalue weighted by Crippen LogP contribution is -2.39. The lowest BCUT2D eigenvalue weighted by atomic mass is 9.76. The van der Waals surface area contributed by atoms with Crippen LogP contribution in [0.3, 0.4) is 0 Å². The molecule has 1 heteroatoms. The SMILES string of the molecule is C=C(C)C1CCC(C)C(OC2CC(C(=C)C)CCC2C)C1. The van der Waals surface area contributed by atoms with Gasteiger partial charge in [0.2, 0.25) is 0 Å². The smallest absolute Gasteiger partial charge is 0.0610 e. The van der Waals surface area contributed by atoms with Crippen molar-refractivity contribution in [2.45, 2.75) is 78.4 Å². The van der Waals surface area contributed by atoms with E-state index in [0.717, 1.165) is 0 Å². The highest BCUT2D eigenvalue weighted by atomic mass is 16.5. The lowest BCUT2D eigenvalue weighted by Gasteiger charge is -2.41. The monoisotopic (exact) mass is 290 g/mol. The van der Waals surface area contributed by atoms with E-state index in [9.17, 15) is 0 Å². The molecule has 0 radical (unpaired) electrons. The van der Waals surface area contributed by atoms with Crippen molar-refractivity contribution in [1.82, 2.24) is 0 Å². The van der Waals surface area contributed by atoms with Crippen LogP contribution in [0.4, 0.5) is 0 Å². The van der Waals surface area contributed by atoms with Gasteiger partial charge >= 0.3 is 0 Å². The molecule has 2 rings (SSSR count). The fraction of sp³-hybridized carbons (Fsp3) is 0.800. The largest absolute Gasteiger partial charge is 0.374 e. The molecule has 0 bridgehead atoms. The number of allylic oxidation sites excluding steroid dienone is 2. The average Bonchev–Trinajstić information content (AvgIpc) is 2.43. The number of hydrogen-bond donors (Lipinski definition) is 0. The Morgan fingerprint density at radius 1 is 0.762 bits per heavy atom. The molecule has 2 saturated carbocycles. The normalized spacial score (nSPS) is 40.8. The standard InChI is InChI=1S/C20H34O/c1-13(2)17-9-7-15(5)19(11-17)21-20-12-18(14(3)4)10-8-16(20)6/h15-20H,1,3,7-12H2,2,4-6H3. The molecule has 2 aliphatic carbocycles. The van der Waals surface area contributed by atoms with Gasteiger partial charge in [0.05, 0.1) is 12.2 Å². The van der Waals surface area contributed by atoms with E-state index in [-0.39, 0.29) is 0 Å². The molecule has 0 aromatic carbocycles. The van der Waals surface area contributed by atoms with Crippen molar-refractivity contribution in [3.05, 3.63) is 24.3 Å². The minimum atomic E-state index is 0.428. The van der Waals surface area contributed by atoms with Crippen molar-refractivity contribution < 1.29 is 4.74 Å². The molecule has 0 aromatic rings. The van der Waals surface area contributed by atoms with Crippen LogP contribution in [0.2, 0.25) is 0 Å². The van der Waals surface area contributed by atoms with Crippen molar-refractivity contribution in [3.8, 4) is 0 Å². The van der Waals surface area contributed by atoms with E-state index in [1.54, 1.807) is 0 Å². The van der Waals surface area contributed by atoms with Crippen LogP contribution in [-0.2, 0) is 4.74 Å². The molecule has 120 valence electrons. The van der Waals surface area contributed by atoms with E-state index in [1.807, 2.05) is 0 Å². The molecule has 0 aromatic heterocycles. The first-order valence-electron chi connectivity index (χ1n) is 8.84. The zero-order valence-corrected chi connectivity index (χ0v) is 14.5. The quantitative estimate of drug-likeness (QED) is 0.598. The van der Waals surface area contributed by atoms with Gasteiger partial charge in [-0.25, -0.2) is 0 Å². The highest BCUT2D eigenvalue weighted by molar-refractivity contribution is 5.02. The Hall–Kier alpha value is -0.560. The molecule has 2 aliphatic rings. The Morgan fingerprint density at radius 3 is 1.48 bits per heavy atom. The fourth-order valence-corrected chi connectivity index (χ4v) is 4.06. The molecule has 6 unspecified atom stereocenters. The summed E-state index contributed by atoms with van der Waals surface area (Å²) in [5.41, 5.74) is 2.68. The molecular formula is C20H34O. The Bertz CT molecular complexity index is 347. The van der Waals surface area contributed by atoms with E-state index < -0.39 is 0 Å². The van der Waals surface area contributed by atoms with Gasteiger partial charge in [-0.3, -0.25) is 0 Å². The third-order valence-corrected chi connectivity index (χ3v) is 5.99. The van der Waals surface area contributed by atoms with Gasteiger partial charge in [-0.1, -0.05) is 38.2 Å². The molecule has 6 atom stereocenters. The van der Waals surface area contributed by atoms with Crippen LogP contribution in [-0.4, -0.2) is 12.2 Å². The first-order valence-corrected chi connectivity index (χ1v) is 8.84. The second kappa shape index (κ2) is 7.13. The van der Waals surface area contributed by atoms with Crippen LogP contribution in [0.1, 0.15) is 66.2 Å². The predicted octanol–water partition coefficient (Wildman–Crippen LogP) is 5.76. The summed E-state index contributed by atoms with van der Waals surface area (Å²) in [6, 6.07) is 0. The van der Waals surface area contributed by atoms with Crippen molar-refractivity contribution in [2.75, 3.05) is 0 Å².